The van der Waals surface area contributed by atoms with Crippen molar-refractivity contribution >= 4 is 15.7 Å². The average Bonchev–Trinajstić information content (AvgIpc) is 2.30. The number of benzene rings is 1. The summed E-state index contributed by atoms with van der Waals surface area (Å²) >= 11 is 0. The van der Waals surface area contributed by atoms with Gasteiger partial charge in [-0.15, -0.1) is 6.58 Å². The number of nitrogens with two attached hydrogens (primary N) is 1. The number of sulfonamides is 1. The Morgan fingerprint density at radius 3 is 2.61 bits per heavy atom. The van der Waals surface area contributed by atoms with E-state index in [-0.39, 0.29) is 12.2 Å². The summed E-state index contributed by atoms with van der Waals surface area (Å²) < 4.78 is 51.5. The van der Waals surface area contributed by atoms with Crippen molar-refractivity contribution in [1.29, 1.82) is 0 Å². The number of halogens is 2. The fourth-order valence-electron chi connectivity index (χ4n) is 1.33. The Kier molecular flexibility index (Phi) is 4.42. The Bertz CT molecular complexity index is 558. The van der Waals surface area contributed by atoms with E-state index in [1.165, 1.54) is 13.1 Å². The first-order chi connectivity index (χ1) is 8.30. The van der Waals surface area contributed by atoms with Crippen LogP contribution < -0.4 is 5.73 Å². The van der Waals surface area contributed by atoms with Crippen LogP contribution in [0.4, 0.5) is 14.5 Å². The third kappa shape index (κ3) is 2.85. The van der Waals surface area contributed by atoms with E-state index >= 15 is 0 Å². The van der Waals surface area contributed by atoms with Crippen LogP contribution in [0.5, 0.6) is 0 Å². The minimum Gasteiger partial charge on any atom is -0.399 e. The molecule has 0 amide bonds. The molecule has 0 spiro atoms. The molecule has 0 aromatic heterocycles. The molecule has 0 saturated heterocycles. The molecule has 0 heterocycles. The fraction of sp³-hybridized carbons (Fsp3) is 0.273. The number of rotatable bonds is 5. The Balaban J connectivity index is 3.24. The highest BCUT2D eigenvalue weighted by Gasteiger charge is 2.26. The molecule has 0 aliphatic heterocycles. The van der Waals surface area contributed by atoms with Crippen molar-refractivity contribution in [2.24, 2.45) is 0 Å². The van der Waals surface area contributed by atoms with Crippen LogP contribution in [0.25, 0.3) is 0 Å². The predicted octanol–water partition coefficient (Wildman–Crippen LogP) is 1.74. The van der Waals surface area contributed by atoms with Crippen LogP contribution in [0.15, 0.2) is 29.7 Å². The third-order valence-corrected chi connectivity index (χ3v) is 4.21. The molecule has 7 heteroatoms. The molecular formula is C11H14F2N2O2S. The molecule has 0 aliphatic rings. The minimum atomic E-state index is -4.10. The molecule has 0 fully saturated rings. The molecule has 1 aromatic rings. The summed E-state index contributed by atoms with van der Waals surface area (Å²) in [6.45, 7) is 3.58. The summed E-state index contributed by atoms with van der Waals surface area (Å²) in [6, 6.07) is 1.64. The summed E-state index contributed by atoms with van der Waals surface area (Å²) in [7, 11) is -2.82. The summed E-state index contributed by atoms with van der Waals surface area (Å²) in [4.78, 5) is -0.758. The van der Waals surface area contributed by atoms with E-state index in [0.717, 1.165) is 16.4 Å². The van der Waals surface area contributed by atoms with Gasteiger partial charge in [-0.2, -0.15) is 0 Å². The van der Waals surface area contributed by atoms with Crippen LogP contribution in [0.1, 0.15) is 6.42 Å². The number of nitrogen functional groups attached to an aromatic ring is 1. The zero-order valence-corrected chi connectivity index (χ0v) is 10.7. The van der Waals surface area contributed by atoms with E-state index in [1.807, 2.05) is 0 Å². The fourth-order valence-corrected chi connectivity index (χ4v) is 2.62. The lowest BCUT2D eigenvalue weighted by molar-refractivity contribution is 0.453. The SMILES string of the molecule is C=CCCN(C)S(=O)(=O)c1cc(N)cc(F)c1F. The van der Waals surface area contributed by atoms with Gasteiger partial charge in [-0.1, -0.05) is 6.08 Å². The number of hydrogen-bond acceptors (Lipinski definition) is 3. The number of anilines is 1. The lowest BCUT2D eigenvalue weighted by Gasteiger charge is -2.17. The second-order valence-corrected chi connectivity index (χ2v) is 5.73. The molecular weight excluding hydrogens is 262 g/mol. The van der Waals surface area contributed by atoms with E-state index in [1.54, 1.807) is 0 Å². The standard InChI is InChI=1S/C11H14F2N2O2S/c1-3-4-5-15(2)18(16,17)10-7-8(14)6-9(12)11(10)13/h3,6-7H,1,4-5,14H2,2H3. The summed E-state index contributed by atoms with van der Waals surface area (Å²) in [6.07, 6.45) is 1.93. The molecule has 0 aliphatic carbocycles. The van der Waals surface area contributed by atoms with E-state index in [2.05, 4.69) is 6.58 Å². The molecule has 18 heavy (non-hydrogen) atoms. The monoisotopic (exact) mass is 276 g/mol. The topological polar surface area (TPSA) is 63.4 Å². The molecule has 0 radical (unpaired) electrons. The Morgan fingerprint density at radius 1 is 1.44 bits per heavy atom. The van der Waals surface area contributed by atoms with Gasteiger partial charge in [0.05, 0.1) is 0 Å². The molecule has 1 rings (SSSR count). The van der Waals surface area contributed by atoms with E-state index in [4.69, 9.17) is 5.73 Å². The quantitative estimate of drug-likeness (QED) is 0.658. The highest BCUT2D eigenvalue weighted by atomic mass is 32.2. The Labute approximate surface area is 105 Å². The molecule has 100 valence electrons. The van der Waals surface area contributed by atoms with Gasteiger partial charge in [-0.25, -0.2) is 21.5 Å². The van der Waals surface area contributed by atoms with Crippen LogP contribution in [-0.2, 0) is 10.0 Å². The second kappa shape index (κ2) is 5.45. The Hall–Kier alpha value is -1.47. The number of nitrogens with zero attached hydrogens (tertiary/aromatic N) is 1. The largest absolute Gasteiger partial charge is 0.399 e. The molecule has 4 nitrogen and oxygen atoms in total. The second-order valence-electron chi connectivity index (χ2n) is 3.72. The van der Waals surface area contributed by atoms with Gasteiger partial charge in [-0.3, -0.25) is 0 Å². The first-order valence-electron chi connectivity index (χ1n) is 5.12. The van der Waals surface area contributed by atoms with Crippen LogP contribution in [0.3, 0.4) is 0 Å². The van der Waals surface area contributed by atoms with Crippen LogP contribution >= 0.6 is 0 Å². The van der Waals surface area contributed by atoms with Crippen molar-refractivity contribution in [1.82, 2.24) is 4.31 Å². The van der Waals surface area contributed by atoms with Gasteiger partial charge in [0.15, 0.2) is 11.6 Å². The van der Waals surface area contributed by atoms with Gasteiger partial charge in [-0.05, 0) is 18.6 Å². The zero-order chi connectivity index (χ0) is 13.9. The lowest BCUT2D eigenvalue weighted by atomic mass is 10.3. The highest BCUT2D eigenvalue weighted by molar-refractivity contribution is 7.89. The van der Waals surface area contributed by atoms with E-state index in [0.29, 0.717) is 6.42 Å². The molecule has 0 atom stereocenters. The van der Waals surface area contributed by atoms with E-state index in [9.17, 15) is 17.2 Å². The first kappa shape index (κ1) is 14.6. The van der Waals surface area contributed by atoms with Crippen molar-refractivity contribution in [3.63, 3.8) is 0 Å². The smallest absolute Gasteiger partial charge is 0.245 e. The van der Waals surface area contributed by atoms with Gasteiger partial charge in [0.1, 0.15) is 4.90 Å². The van der Waals surface area contributed by atoms with Gasteiger partial charge in [0.2, 0.25) is 10.0 Å². The van der Waals surface area contributed by atoms with Crippen molar-refractivity contribution in [2.45, 2.75) is 11.3 Å². The van der Waals surface area contributed by atoms with E-state index < -0.39 is 26.6 Å². The average molecular weight is 276 g/mol. The maximum absolute atomic E-state index is 13.5. The van der Waals surface area contributed by atoms with Gasteiger partial charge in [0, 0.05) is 19.3 Å². The zero-order valence-electron chi connectivity index (χ0n) is 9.86. The summed E-state index contributed by atoms with van der Waals surface area (Å²) in [5.41, 5.74) is 5.17. The molecule has 0 unspecified atom stereocenters. The molecule has 0 saturated carbocycles. The van der Waals surface area contributed by atoms with Crippen LogP contribution in [-0.4, -0.2) is 26.3 Å². The summed E-state index contributed by atoms with van der Waals surface area (Å²) in [5, 5.41) is 0. The summed E-state index contributed by atoms with van der Waals surface area (Å²) in [5.74, 6) is -2.71. The normalized spacial score (nSPS) is 11.8. The molecule has 2 N–H and O–H groups in total. The van der Waals surface area contributed by atoms with Crippen molar-refractivity contribution in [2.75, 3.05) is 19.3 Å². The predicted molar refractivity (Wildman–Crippen MR) is 65.4 cm³/mol. The molecule has 0 bridgehead atoms. The first-order valence-corrected chi connectivity index (χ1v) is 6.56. The van der Waals surface area contributed by atoms with Gasteiger partial charge in [0.25, 0.3) is 0 Å². The minimum absolute atomic E-state index is 0.127. The maximum atomic E-state index is 13.5. The Morgan fingerprint density at radius 2 is 2.06 bits per heavy atom. The van der Waals surface area contributed by atoms with Gasteiger partial charge < -0.3 is 5.73 Å². The molecule has 1 aromatic carbocycles. The van der Waals surface area contributed by atoms with Crippen molar-refractivity contribution < 1.29 is 17.2 Å². The highest BCUT2D eigenvalue weighted by Crippen LogP contribution is 2.23. The van der Waals surface area contributed by atoms with Crippen molar-refractivity contribution in [3.8, 4) is 0 Å². The van der Waals surface area contributed by atoms with Crippen LogP contribution in [0, 0.1) is 11.6 Å². The van der Waals surface area contributed by atoms with Crippen molar-refractivity contribution in [3.05, 3.63) is 36.4 Å². The number of hydrogen-bond donors (Lipinski definition) is 1. The van der Waals surface area contributed by atoms with Gasteiger partial charge >= 0.3 is 0 Å². The van der Waals surface area contributed by atoms with Crippen LogP contribution in [0.2, 0.25) is 0 Å². The lowest BCUT2D eigenvalue weighted by Crippen LogP contribution is -2.28. The third-order valence-electron chi connectivity index (χ3n) is 2.35. The maximum Gasteiger partial charge on any atom is 0.245 e.